The molecule has 3 aromatic heterocycles. The summed E-state index contributed by atoms with van der Waals surface area (Å²) in [7, 11) is 3.56. The number of aromatic nitrogens is 5. The first-order chi connectivity index (χ1) is 29.8. The van der Waals surface area contributed by atoms with Crippen LogP contribution in [0.1, 0.15) is 75.0 Å². The molecular formula is C45H51ClF2N10O4. The van der Waals surface area contributed by atoms with E-state index in [1.165, 1.54) is 10.1 Å². The predicted molar refractivity (Wildman–Crippen MR) is 234 cm³/mol. The Bertz CT molecular complexity index is 2660. The Morgan fingerprint density at radius 3 is 2.56 bits per heavy atom. The van der Waals surface area contributed by atoms with E-state index >= 15 is 8.78 Å². The van der Waals surface area contributed by atoms with Gasteiger partial charge in [0.1, 0.15) is 5.02 Å². The van der Waals surface area contributed by atoms with E-state index in [2.05, 4.69) is 55.9 Å². The number of anilines is 4. The molecule has 5 aliphatic rings. The van der Waals surface area contributed by atoms with E-state index in [-0.39, 0.29) is 29.2 Å². The number of likely N-dealkylation sites (tertiary alicyclic amines) is 1. The molecule has 4 aliphatic heterocycles. The molecule has 1 unspecified atom stereocenters. The summed E-state index contributed by atoms with van der Waals surface area (Å²) in [6.45, 7) is 6.09. The van der Waals surface area contributed by atoms with Gasteiger partial charge in [0.05, 0.1) is 40.6 Å². The number of benzene rings is 2. The second-order valence-corrected chi connectivity index (χ2v) is 18.5. The summed E-state index contributed by atoms with van der Waals surface area (Å²) in [5.74, 6) is -2.02. The molecule has 62 heavy (non-hydrogen) atoms. The number of para-hydroxylation sites is 1. The lowest BCUT2D eigenvalue weighted by Gasteiger charge is -2.41. The van der Waals surface area contributed by atoms with Crippen molar-refractivity contribution in [2.75, 3.05) is 54.9 Å². The van der Waals surface area contributed by atoms with Crippen LogP contribution in [0, 0.1) is 17.8 Å². The van der Waals surface area contributed by atoms with Crippen LogP contribution in [0.5, 0.6) is 5.75 Å². The van der Waals surface area contributed by atoms with E-state index in [1.807, 2.05) is 23.9 Å². The number of carbonyl (C=O) groups excluding carboxylic acids is 2. The van der Waals surface area contributed by atoms with Crippen molar-refractivity contribution in [3.63, 3.8) is 0 Å². The van der Waals surface area contributed by atoms with Gasteiger partial charge in [-0.1, -0.05) is 36.7 Å². The molecule has 5 aromatic rings. The summed E-state index contributed by atoms with van der Waals surface area (Å²) in [6.07, 6.45) is 6.89. The van der Waals surface area contributed by atoms with Crippen molar-refractivity contribution in [3.8, 4) is 5.75 Å². The number of rotatable bonds is 8. The molecule has 326 valence electrons. The van der Waals surface area contributed by atoms with Crippen molar-refractivity contribution in [2.24, 2.45) is 31.8 Å². The molecule has 17 heteroatoms. The molecule has 14 nitrogen and oxygen atoms in total. The summed E-state index contributed by atoms with van der Waals surface area (Å²) in [5, 5.41) is 15.6. The fraction of sp³-hybridized carbons (Fsp3) is 0.511. The number of halogens is 3. The van der Waals surface area contributed by atoms with Crippen LogP contribution in [0.25, 0.3) is 21.8 Å². The number of pyridine rings is 1. The van der Waals surface area contributed by atoms with Crippen molar-refractivity contribution < 1.29 is 23.1 Å². The van der Waals surface area contributed by atoms with Gasteiger partial charge in [-0.2, -0.15) is 10.1 Å². The van der Waals surface area contributed by atoms with E-state index in [9.17, 15) is 14.4 Å². The highest BCUT2D eigenvalue weighted by atomic mass is 35.5. The number of nitrogens with one attached hydrogen (secondary N) is 3. The van der Waals surface area contributed by atoms with Crippen LogP contribution in [0.4, 0.5) is 31.9 Å². The van der Waals surface area contributed by atoms with Gasteiger partial charge >= 0.3 is 5.92 Å². The molecule has 3 saturated heterocycles. The third-order valence-electron chi connectivity index (χ3n) is 14.0. The van der Waals surface area contributed by atoms with Gasteiger partial charge in [-0.05, 0) is 99.0 Å². The van der Waals surface area contributed by atoms with E-state index < -0.39 is 30.0 Å². The minimum Gasteiger partial charge on any atom is -0.480 e. The Morgan fingerprint density at radius 1 is 1.00 bits per heavy atom. The van der Waals surface area contributed by atoms with Crippen molar-refractivity contribution in [1.82, 2.24) is 34.5 Å². The second kappa shape index (κ2) is 15.8. The predicted octanol–water partition coefficient (Wildman–Crippen LogP) is 6.69. The smallest absolute Gasteiger partial charge is 0.301 e. The van der Waals surface area contributed by atoms with E-state index in [4.69, 9.17) is 26.4 Å². The van der Waals surface area contributed by atoms with Crippen LogP contribution in [-0.4, -0.2) is 92.3 Å². The highest BCUT2D eigenvalue weighted by Gasteiger charge is 2.51. The summed E-state index contributed by atoms with van der Waals surface area (Å²) >= 11 is 6.67. The zero-order valence-corrected chi connectivity index (χ0v) is 35.9. The lowest BCUT2D eigenvalue weighted by molar-refractivity contribution is -0.134. The normalized spacial score (nSPS) is 24.6. The lowest BCUT2D eigenvalue weighted by atomic mass is 9.84. The third kappa shape index (κ3) is 7.41. The van der Waals surface area contributed by atoms with Crippen LogP contribution in [0.2, 0.25) is 5.02 Å². The summed E-state index contributed by atoms with van der Waals surface area (Å²) in [4.78, 5) is 52.1. The first-order valence-corrected chi connectivity index (χ1v) is 22.2. The number of hydrogen-bond acceptors (Lipinski definition) is 11. The number of hydrogen-bond donors (Lipinski definition) is 3. The topological polar surface area (TPSA) is 152 Å². The van der Waals surface area contributed by atoms with Gasteiger partial charge in [-0.3, -0.25) is 24.4 Å². The van der Waals surface area contributed by atoms with Gasteiger partial charge in [0.25, 0.3) is 5.56 Å². The van der Waals surface area contributed by atoms with Crippen molar-refractivity contribution >= 4 is 68.4 Å². The SMILES string of the molecule is C[C@H]1CN(c2ncc(Cl)c(Nc3ccc4c(c3)c3c(c(=O)n4C)OCC(F)(F)[C@H](C4CC4)N3)n2)CC[C@H]1CN1CCC(c2cccc3c(C4CCC(=O)NC4=O)nn(C)c23)CC1. The number of carbonyl (C=O) groups is 2. The number of amides is 2. The fourth-order valence-electron chi connectivity index (χ4n) is 10.4. The number of nitrogens with zero attached hydrogens (tertiary/aromatic N) is 7. The van der Waals surface area contributed by atoms with Gasteiger partial charge in [-0.15, -0.1) is 0 Å². The maximum Gasteiger partial charge on any atom is 0.301 e. The summed E-state index contributed by atoms with van der Waals surface area (Å²) in [5.41, 5.74) is 4.12. The number of piperidine rings is 3. The molecule has 4 atom stereocenters. The van der Waals surface area contributed by atoms with Crippen LogP contribution in [-0.2, 0) is 23.7 Å². The zero-order valence-electron chi connectivity index (χ0n) is 35.1. The molecule has 0 radical (unpaired) electrons. The number of ether oxygens (including phenoxy) is 1. The summed E-state index contributed by atoms with van der Waals surface area (Å²) in [6, 6.07) is 10.6. The zero-order chi connectivity index (χ0) is 43.0. The number of fused-ring (bicyclic) bond motifs is 4. The fourth-order valence-corrected chi connectivity index (χ4v) is 10.5. The Balaban J connectivity index is 0.791. The number of aryl methyl sites for hydroxylation is 2. The largest absolute Gasteiger partial charge is 0.480 e. The average molecular weight is 869 g/mol. The minimum atomic E-state index is -3.13. The van der Waals surface area contributed by atoms with Crippen LogP contribution >= 0.6 is 11.6 Å². The number of alkyl halides is 2. The molecule has 10 rings (SSSR count). The van der Waals surface area contributed by atoms with Crippen molar-refractivity contribution in [2.45, 2.75) is 75.7 Å². The molecule has 4 fully saturated rings. The molecule has 2 amide bonds. The maximum atomic E-state index is 15.2. The maximum absolute atomic E-state index is 15.2. The Morgan fingerprint density at radius 2 is 1.81 bits per heavy atom. The van der Waals surface area contributed by atoms with Crippen molar-refractivity contribution in [3.05, 3.63) is 69.2 Å². The molecule has 0 bridgehead atoms. The first kappa shape index (κ1) is 40.7. The molecule has 0 spiro atoms. The summed E-state index contributed by atoms with van der Waals surface area (Å²) < 4.78 is 39.2. The van der Waals surface area contributed by atoms with Gasteiger partial charge in [0, 0.05) is 56.6 Å². The van der Waals surface area contributed by atoms with Crippen LogP contribution in [0.15, 0.2) is 47.4 Å². The highest BCUT2D eigenvalue weighted by Crippen LogP contribution is 2.46. The lowest BCUT2D eigenvalue weighted by Crippen LogP contribution is -2.45. The molecule has 3 N–H and O–H groups in total. The quantitative estimate of drug-likeness (QED) is 0.143. The highest BCUT2D eigenvalue weighted by molar-refractivity contribution is 6.33. The monoisotopic (exact) mass is 868 g/mol. The molecule has 1 saturated carbocycles. The van der Waals surface area contributed by atoms with Gasteiger partial charge in [0.2, 0.25) is 23.5 Å². The standard InChI is InChI=1S/C45H51ClF2N10O4/c1-24-21-58(18-15-27(24)22-57-16-13-25(14-17-57)29-5-4-6-30-36(54-56(3)38(29)30)31-10-12-35(59)51-42(31)60)44-49-20-33(46)41(53-44)50-28-9-11-34-32(19-28)37-39(43(61)55(34)2)62-23-45(47,48)40(52-37)26-7-8-26/h4-6,9,11,19-20,24-27,31,40,52H,7-8,10,12-18,21-23H2,1-3H3,(H,49,50,53)(H,51,59,60)/t24-,27-,31?,40-/m0/s1. The molecular weight excluding hydrogens is 818 g/mol. The van der Waals surface area contributed by atoms with E-state index in [0.29, 0.717) is 76.8 Å². The van der Waals surface area contributed by atoms with Gasteiger partial charge in [0.15, 0.2) is 12.4 Å². The first-order valence-electron chi connectivity index (χ1n) is 21.8. The Hall–Kier alpha value is -5.35. The Labute approximate surface area is 362 Å². The minimum absolute atomic E-state index is 0.105. The molecule has 7 heterocycles. The van der Waals surface area contributed by atoms with Crippen LogP contribution in [0.3, 0.4) is 0 Å². The molecule has 1 aliphatic carbocycles. The second-order valence-electron chi connectivity index (χ2n) is 18.1. The average Bonchev–Trinajstić information content (AvgIpc) is 4.06. The van der Waals surface area contributed by atoms with Gasteiger partial charge < -0.3 is 29.7 Å². The third-order valence-corrected chi connectivity index (χ3v) is 14.3. The number of imide groups is 1. The Kier molecular flexibility index (Phi) is 10.4. The van der Waals surface area contributed by atoms with Crippen LogP contribution < -0.4 is 31.1 Å². The van der Waals surface area contributed by atoms with E-state index in [0.717, 1.165) is 68.6 Å². The van der Waals surface area contributed by atoms with Gasteiger partial charge in [-0.25, -0.2) is 13.8 Å². The van der Waals surface area contributed by atoms with E-state index in [1.54, 1.807) is 19.3 Å². The molecule has 2 aromatic carbocycles. The van der Waals surface area contributed by atoms with Crippen molar-refractivity contribution in [1.29, 1.82) is 0 Å².